The Labute approximate surface area is 115 Å². The van der Waals surface area contributed by atoms with Crippen molar-refractivity contribution >= 4 is 23.5 Å². The van der Waals surface area contributed by atoms with Gasteiger partial charge in [-0.2, -0.15) is 0 Å². The molecule has 0 atom stereocenters. The van der Waals surface area contributed by atoms with E-state index in [-0.39, 0.29) is 23.0 Å². The van der Waals surface area contributed by atoms with E-state index in [0.717, 1.165) is 0 Å². The van der Waals surface area contributed by atoms with Gasteiger partial charge in [-0.25, -0.2) is 4.39 Å². The lowest BCUT2D eigenvalue weighted by atomic mass is 10.2. The van der Waals surface area contributed by atoms with Crippen LogP contribution in [-0.2, 0) is 9.53 Å². The highest BCUT2D eigenvalue weighted by Crippen LogP contribution is 2.19. The molecule has 104 valence electrons. The molecule has 0 aliphatic carbocycles. The standard InChI is InChI=1S/C13H15ClFNO3/c1-2-19-11(17)7-4-8-16-13(18)9-5-3-6-10(15)12(9)14/h3,5-6H,2,4,7-8H2,1H3,(H,16,18). The summed E-state index contributed by atoms with van der Waals surface area (Å²) in [7, 11) is 0. The first-order chi connectivity index (χ1) is 9.06. The van der Waals surface area contributed by atoms with E-state index in [9.17, 15) is 14.0 Å². The van der Waals surface area contributed by atoms with E-state index in [1.165, 1.54) is 18.2 Å². The second-order valence-corrected chi connectivity index (χ2v) is 4.14. The fourth-order valence-electron chi connectivity index (χ4n) is 1.44. The number of nitrogens with one attached hydrogen (secondary N) is 1. The predicted molar refractivity (Wildman–Crippen MR) is 69.6 cm³/mol. The molecule has 0 bridgehead atoms. The van der Waals surface area contributed by atoms with Gasteiger partial charge >= 0.3 is 5.97 Å². The number of rotatable bonds is 6. The Balaban J connectivity index is 2.40. The first-order valence-electron chi connectivity index (χ1n) is 5.94. The summed E-state index contributed by atoms with van der Waals surface area (Å²) in [6.07, 6.45) is 0.683. The van der Waals surface area contributed by atoms with Gasteiger partial charge in [0.15, 0.2) is 0 Å². The second-order valence-electron chi connectivity index (χ2n) is 3.77. The van der Waals surface area contributed by atoms with Gasteiger partial charge in [0.2, 0.25) is 0 Å². The molecular weight excluding hydrogens is 273 g/mol. The molecule has 0 spiro atoms. The monoisotopic (exact) mass is 287 g/mol. The summed E-state index contributed by atoms with van der Waals surface area (Å²) in [6.45, 7) is 2.36. The lowest BCUT2D eigenvalue weighted by Gasteiger charge is -2.07. The molecule has 0 aliphatic heterocycles. The number of hydrogen-bond acceptors (Lipinski definition) is 3. The molecule has 1 rings (SSSR count). The minimum absolute atomic E-state index is 0.0813. The van der Waals surface area contributed by atoms with E-state index in [1.807, 2.05) is 0 Å². The molecule has 1 aromatic carbocycles. The van der Waals surface area contributed by atoms with Crippen molar-refractivity contribution in [3.63, 3.8) is 0 Å². The van der Waals surface area contributed by atoms with Crippen LogP contribution in [0.3, 0.4) is 0 Å². The SMILES string of the molecule is CCOC(=O)CCCNC(=O)c1cccc(F)c1Cl. The van der Waals surface area contributed by atoms with Crippen molar-refractivity contribution in [3.8, 4) is 0 Å². The maximum absolute atomic E-state index is 13.1. The summed E-state index contributed by atoms with van der Waals surface area (Å²) in [5.74, 6) is -1.41. The van der Waals surface area contributed by atoms with Crippen molar-refractivity contribution in [1.82, 2.24) is 5.32 Å². The average Bonchev–Trinajstić information content (AvgIpc) is 2.38. The number of esters is 1. The first-order valence-corrected chi connectivity index (χ1v) is 6.32. The lowest BCUT2D eigenvalue weighted by Crippen LogP contribution is -2.25. The summed E-state index contributed by atoms with van der Waals surface area (Å²) in [5.41, 5.74) is 0.0813. The molecular formula is C13H15ClFNO3. The van der Waals surface area contributed by atoms with Crippen LogP contribution in [0, 0.1) is 5.82 Å². The smallest absolute Gasteiger partial charge is 0.305 e. The Bertz CT molecular complexity index is 465. The van der Waals surface area contributed by atoms with E-state index in [4.69, 9.17) is 16.3 Å². The minimum Gasteiger partial charge on any atom is -0.466 e. The van der Waals surface area contributed by atoms with Crippen LogP contribution in [0.4, 0.5) is 4.39 Å². The lowest BCUT2D eigenvalue weighted by molar-refractivity contribution is -0.143. The highest BCUT2D eigenvalue weighted by atomic mass is 35.5. The maximum atomic E-state index is 13.1. The molecule has 19 heavy (non-hydrogen) atoms. The zero-order valence-electron chi connectivity index (χ0n) is 10.5. The summed E-state index contributed by atoms with van der Waals surface area (Å²) < 4.78 is 17.9. The Hall–Kier alpha value is -1.62. The van der Waals surface area contributed by atoms with E-state index in [0.29, 0.717) is 19.6 Å². The highest BCUT2D eigenvalue weighted by Gasteiger charge is 2.12. The molecule has 0 fully saturated rings. The van der Waals surface area contributed by atoms with Gasteiger partial charge in [0, 0.05) is 13.0 Å². The zero-order chi connectivity index (χ0) is 14.3. The molecule has 0 radical (unpaired) electrons. The van der Waals surface area contributed by atoms with Crippen LogP contribution in [-0.4, -0.2) is 25.0 Å². The quantitative estimate of drug-likeness (QED) is 0.646. The zero-order valence-corrected chi connectivity index (χ0v) is 11.3. The van der Waals surface area contributed by atoms with Gasteiger partial charge in [0.05, 0.1) is 17.2 Å². The average molecular weight is 288 g/mol. The van der Waals surface area contributed by atoms with Crippen molar-refractivity contribution < 1.29 is 18.7 Å². The van der Waals surface area contributed by atoms with Gasteiger partial charge in [0.25, 0.3) is 5.91 Å². The molecule has 1 N–H and O–H groups in total. The van der Waals surface area contributed by atoms with Crippen LogP contribution >= 0.6 is 11.6 Å². The third-order valence-electron chi connectivity index (χ3n) is 2.34. The fourth-order valence-corrected chi connectivity index (χ4v) is 1.65. The van der Waals surface area contributed by atoms with Crippen LogP contribution < -0.4 is 5.32 Å². The number of amides is 1. The predicted octanol–water partition coefficient (Wildman–Crippen LogP) is 2.55. The number of benzene rings is 1. The molecule has 0 unspecified atom stereocenters. The molecule has 0 saturated carbocycles. The van der Waals surface area contributed by atoms with E-state index in [2.05, 4.69) is 5.32 Å². The number of carbonyl (C=O) groups is 2. The minimum atomic E-state index is -0.638. The third-order valence-corrected chi connectivity index (χ3v) is 2.73. The van der Waals surface area contributed by atoms with Crippen LogP contribution in [0.5, 0.6) is 0 Å². The number of carbonyl (C=O) groups excluding carboxylic acids is 2. The Morgan fingerprint density at radius 1 is 1.42 bits per heavy atom. The fraction of sp³-hybridized carbons (Fsp3) is 0.385. The normalized spacial score (nSPS) is 10.1. The van der Waals surface area contributed by atoms with Crippen LogP contribution in [0.2, 0.25) is 5.02 Å². The van der Waals surface area contributed by atoms with Crippen LogP contribution in [0.1, 0.15) is 30.1 Å². The molecule has 0 aliphatic rings. The van der Waals surface area contributed by atoms with Gasteiger partial charge < -0.3 is 10.1 Å². The summed E-state index contributed by atoms with van der Waals surface area (Å²) in [4.78, 5) is 22.8. The second kappa shape index (κ2) is 7.74. The molecule has 6 heteroatoms. The van der Waals surface area contributed by atoms with E-state index < -0.39 is 11.7 Å². The van der Waals surface area contributed by atoms with E-state index in [1.54, 1.807) is 6.92 Å². The molecule has 1 aromatic rings. The molecule has 0 heterocycles. The summed E-state index contributed by atoms with van der Waals surface area (Å²) in [6, 6.07) is 4.03. The van der Waals surface area contributed by atoms with Crippen molar-refractivity contribution in [2.24, 2.45) is 0 Å². The molecule has 0 aromatic heterocycles. The number of ether oxygens (including phenoxy) is 1. The number of hydrogen-bond donors (Lipinski definition) is 1. The van der Waals surface area contributed by atoms with Crippen LogP contribution in [0.15, 0.2) is 18.2 Å². The topological polar surface area (TPSA) is 55.4 Å². The van der Waals surface area contributed by atoms with Gasteiger partial charge in [-0.15, -0.1) is 0 Å². The largest absolute Gasteiger partial charge is 0.466 e. The number of halogens is 2. The van der Waals surface area contributed by atoms with Crippen LogP contribution in [0.25, 0.3) is 0 Å². The van der Waals surface area contributed by atoms with Gasteiger partial charge in [0.1, 0.15) is 5.82 Å². The molecule has 4 nitrogen and oxygen atoms in total. The van der Waals surface area contributed by atoms with Gasteiger partial charge in [-0.1, -0.05) is 17.7 Å². The third kappa shape index (κ3) is 4.87. The summed E-state index contributed by atoms with van der Waals surface area (Å²) >= 11 is 5.68. The molecule has 1 amide bonds. The molecule has 0 saturated heterocycles. The van der Waals surface area contributed by atoms with E-state index >= 15 is 0 Å². The van der Waals surface area contributed by atoms with Gasteiger partial charge in [-0.05, 0) is 25.5 Å². The Morgan fingerprint density at radius 3 is 2.84 bits per heavy atom. The highest BCUT2D eigenvalue weighted by molar-refractivity contribution is 6.34. The maximum Gasteiger partial charge on any atom is 0.305 e. The van der Waals surface area contributed by atoms with Crippen molar-refractivity contribution in [2.45, 2.75) is 19.8 Å². The first kappa shape index (κ1) is 15.4. The van der Waals surface area contributed by atoms with Crippen molar-refractivity contribution in [1.29, 1.82) is 0 Å². The van der Waals surface area contributed by atoms with Crippen molar-refractivity contribution in [2.75, 3.05) is 13.2 Å². The van der Waals surface area contributed by atoms with Crippen molar-refractivity contribution in [3.05, 3.63) is 34.6 Å². The van der Waals surface area contributed by atoms with Gasteiger partial charge in [-0.3, -0.25) is 9.59 Å². The summed E-state index contributed by atoms with van der Waals surface area (Å²) in [5, 5.41) is 2.36. The Kier molecular flexibility index (Phi) is 6.29. The Morgan fingerprint density at radius 2 is 2.16 bits per heavy atom.